The Balaban J connectivity index is 2.03. The normalized spacial score (nSPS) is 12.1. The molecule has 8 nitrogen and oxygen atoms in total. The van der Waals surface area contributed by atoms with Gasteiger partial charge in [0, 0.05) is 22.6 Å². The highest BCUT2D eigenvalue weighted by Crippen LogP contribution is 2.28. The average Bonchev–Trinajstić information content (AvgIpc) is 2.94. The summed E-state index contributed by atoms with van der Waals surface area (Å²) in [6, 6.07) is 18.8. The van der Waals surface area contributed by atoms with E-state index in [9.17, 15) is 18.0 Å². The molecular weight excluding hydrogens is 630 g/mol. The van der Waals surface area contributed by atoms with E-state index in [-0.39, 0.29) is 29.0 Å². The minimum absolute atomic E-state index is 0.0164. The van der Waals surface area contributed by atoms with Gasteiger partial charge in [0.2, 0.25) is 11.8 Å². The van der Waals surface area contributed by atoms with Crippen molar-refractivity contribution < 1.29 is 22.7 Å². The van der Waals surface area contributed by atoms with Crippen LogP contribution in [0.15, 0.2) is 82.2 Å². The zero-order chi connectivity index (χ0) is 30.2. The smallest absolute Gasteiger partial charge is 0.264 e. The lowest BCUT2D eigenvalue weighted by molar-refractivity contribution is -0.139. The van der Waals surface area contributed by atoms with Crippen LogP contribution in [0.25, 0.3) is 0 Å². The molecule has 11 heteroatoms. The highest BCUT2D eigenvalue weighted by molar-refractivity contribution is 9.10. The third-order valence-corrected chi connectivity index (χ3v) is 8.95. The molecular formula is C30H35BrClN3O5S. The molecule has 0 fully saturated rings. The second kappa shape index (κ2) is 14.7. The van der Waals surface area contributed by atoms with Gasteiger partial charge in [-0.3, -0.25) is 13.9 Å². The van der Waals surface area contributed by atoms with E-state index in [1.807, 2.05) is 20.8 Å². The summed E-state index contributed by atoms with van der Waals surface area (Å²) in [6.07, 6.45) is 0. The van der Waals surface area contributed by atoms with Crippen LogP contribution in [0, 0.1) is 5.92 Å². The number of amides is 2. The summed E-state index contributed by atoms with van der Waals surface area (Å²) in [5, 5.41) is 3.30. The first-order valence-electron chi connectivity index (χ1n) is 13.3. The standard InChI is InChI=1S/C30H35BrClN3O5S/c1-5-40-26-14-12-25(13-15-26)35(41(38,39)27-16-10-24(31)11-17-27)20-29(36)34(19-23-8-6-7-9-28(23)32)22(4)30(37)33-18-21(2)3/h6-17,21-22H,5,18-20H2,1-4H3,(H,33,37). The number of halogens is 2. The summed E-state index contributed by atoms with van der Waals surface area (Å²) in [4.78, 5) is 28.5. The molecule has 0 saturated carbocycles. The van der Waals surface area contributed by atoms with Gasteiger partial charge in [0.25, 0.3) is 10.0 Å². The van der Waals surface area contributed by atoms with Gasteiger partial charge in [-0.2, -0.15) is 0 Å². The van der Waals surface area contributed by atoms with E-state index in [0.29, 0.717) is 34.0 Å². The molecule has 0 aromatic heterocycles. The molecule has 1 unspecified atom stereocenters. The van der Waals surface area contributed by atoms with E-state index in [2.05, 4.69) is 21.2 Å². The van der Waals surface area contributed by atoms with E-state index < -0.39 is 28.5 Å². The molecule has 41 heavy (non-hydrogen) atoms. The van der Waals surface area contributed by atoms with Crippen LogP contribution in [0.4, 0.5) is 5.69 Å². The van der Waals surface area contributed by atoms with Crippen LogP contribution in [-0.4, -0.2) is 50.9 Å². The van der Waals surface area contributed by atoms with Crippen LogP contribution in [0.5, 0.6) is 5.75 Å². The van der Waals surface area contributed by atoms with Crippen LogP contribution in [0.1, 0.15) is 33.3 Å². The SMILES string of the molecule is CCOc1ccc(N(CC(=O)N(Cc2ccccc2Cl)C(C)C(=O)NCC(C)C)S(=O)(=O)c2ccc(Br)cc2)cc1. The quantitative estimate of drug-likeness (QED) is 0.246. The Kier molecular flexibility index (Phi) is 11.6. The first-order valence-corrected chi connectivity index (χ1v) is 15.9. The van der Waals surface area contributed by atoms with Crippen molar-refractivity contribution in [3.8, 4) is 5.75 Å². The lowest BCUT2D eigenvalue weighted by Crippen LogP contribution is -2.51. The van der Waals surface area contributed by atoms with Crippen LogP contribution < -0.4 is 14.4 Å². The molecule has 0 aliphatic carbocycles. The summed E-state index contributed by atoms with van der Waals surface area (Å²) in [7, 11) is -4.18. The minimum atomic E-state index is -4.18. The Morgan fingerprint density at radius 1 is 0.976 bits per heavy atom. The van der Waals surface area contributed by atoms with Crippen molar-refractivity contribution in [1.82, 2.24) is 10.2 Å². The molecule has 0 heterocycles. The molecule has 220 valence electrons. The van der Waals surface area contributed by atoms with E-state index in [1.54, 1.807) is 67.6 Å². The van der Waals surface area contributed by atoms with Crippen molar-refractivity contribution in [3.05, 3.63) is 87.9 Å². The number of sulfonamides is 1. The lowest BCUT2D eigenvalue weighted by Gasteiger charge is -2.32. The zero-order valence-corrected chi connectivity index (χ0v) is 26.7. The molecule has 0 radical (unpaired) electrons. The zero-order valence-electron chi connectivity index (χ0n) is 23.5. The number of carbonyl (C=O) groups excluding carboxylic acids is 2. The van der Waals surface area contributed by atoms with E-state index in [4.69, 9.17) is 16.3 Å². The van der Waals surface area contributed by atoms with E-state index >= 15 is 0 Å². The number of anilines is 1. The molecule has 3 rings (SSSR count). The Hall–Kier alpha value is -3.08. The third kappa shape index (κ3) is 8.70. The Morgan fingerprint density at radius 2 is 1.61 bits per heavy atom. The van der Waals surface area contributed by atoms with Gasteiger partial charge in [-0.05, 0) is 79.9 Å². The van der Waals surface area contributed by atoms with Gasteiger partial charge in [0.05, 0.1) is 17.2 Å². The Labute approximate surface area is 255 Å². The van der Waals surface area contributed by atoms with Crippen molar-refractivity contribution in [2.24, 2.45) is 5.92 Å². The maximum absolute atomic E-state index is 14.0. The van der Waals surface area contributed by atoms with Crippen LogP contribution in [0.2, 0.25) is 5.02 Å². The van der Waals surface area contributed by atoms with Crippen molar-refractivity contribution in [1.29, 1.82) is 0 Å². The molecule has 1 atom stereocenters. The van der Waals surface area contributed by atoms with Crippen LogP contribution >= 0.6 is 27.5 Å². The number of hydrogen-bond donors (Lipinski definition) is 1. The van der Waals surface area contributed by atoms with Crippen molar-refractivity contribution in [2.75, 3.05) is 24.0 Å². The van der Waals surface area contributed by atoms with Crippen molar-refractivity contribution in [3.63, 3.8) is 0 Å². The first-order chi connectivity index (χ1) is 19.4. The van der Waals surface area contributed by atoms with Gasteiger partial charge >= 0.3 is 0 Å². The largest absolute Gasteiger partial charge is 0.494 e. The fourth-order valence-electron chi connectivity index (χ4n) is 3.98. The number of nitrogens with zero attached hydrogens (tertiary/aromatic N) is 2. The lowest BCUT2D eigenvalue weighted by atomic mass is 10.1. The second-order valence-corrected chi connectivity index (χ2v) is 13.0. The average molecular weight is 665 g/mol. The summed E-state index contributed by atoms with van der Waals surface area (Å²) in [6.45, 7) is 7.78. The molecule has 0 spiro atoms. The molecule has 0 bridgehead atoms. The van der Waals surface area contributed by atoms with Gasteiger partial charge < -0.3 is 15.0 Å². The molecule has 0 saturated heterocycles. The van der Waals surface area contributed by atoms with Gasteiger partial charge in [-0.15, -0.1) is 0 Å². The summed E-state index contributed by atoms with van der Waals surface area (Å²) in [5.41, 5.74) is 0.911. The Bertz CT molecular complexity index is 1430. The van der Waals surface area contributed by atoms with Gasteiger partial charge in [0.15, 0.2) is 0 Å². The number of nitrogens with one attached hydrogen (secondary N) is 1. The van der Waals surface area contributed by atoms with Crippen LogP contribution in [0.3, 0.4) is 0 Å². The summed E-state index contributed by atoms with van der Waals surface area (Å²) < 4.78 is 35.1. The van der Waals surface area contributed by atoms with E-state index in [0.717, 1.165) is 4.31 Å². The monoisotopic (exact) mass is 663 g/mol. The minimum Gasteiger partial charge on any atom is -0.494 e. The van der Waals surface area contributed by atoms with Crippen molar-refractivity contribution >= 4 is 55.1 Å². The number of ether oxygens (including phenoxy) is 1. The molecule has 0 aliphatic rings. The van der Waals surface area contributed by atoms with Crippen LogP contribution in [-0.2, 0) is 26.2 Å². The summed E-state index contributed by atoms with van der Waals surface area (Å²) >= 11 is 9.74. The maximum atomic E-state index is 14.0. The predicted octanol–water partition coefficient (Wildman–Crippen LogP) is 5.89. The number of hydrogen-bond acceptors (Lipinski definition) is 5. The second-order valence-electron chi connectivity index (χ2n) is 9.82. The fraction of sp³-hybridized carbons (Fsp3) is 0.333. The molecule has 0 aliphatic heterocycles. The number of carbonyl (C=O) groups is 2. The van der Waals surface area contributed by atoms with E-state index in [1.165, 1.54) is 17.0 Å². The highest BCUT2D eigenvalue weighted by Gasteiger charge is 2.33. The molecule has 1 N–H and O–H groups in total. The molecule has 3 aromatic rings. The van der Waals surface area contributed by atoms with Gasteiger partial charge in [0.1, 0.15) is 18.3 Å². The topological polar surface area (TPSA) is 96.0 Å². The van der Waals surface area contributed by atoms with Gasteiger partial charge in [-0.25, -0.2) is 8.42 Å². The molecule has 2 amide bonds. The third-order valence-electron chi connectivity index (χ3n) is 6.27. The maximum Gasteiger partial charge on any atom is 0.264 e. The number of benzene rings is 3. The summed E-state index contributed by atoms with van der Waals surface area (Å²) in [5.74, 6) is -0.126. The Morgan fingerprint density at radius 3 is 2.20 bits per heavy atom. The first kappa shape index (κ1) is 32.4. The predicted molar refractivity (Wildman–Crippen MR) is 166 cm³/mol. The fourth-order valence-corrected chi connectivity index (χ4v) is 5.86. The van der Waals surface area contributed by atoms with Gasteiger partial charge in [-0.1, -0.05) is 59.6 Å². The molecule has 3 aromatic carbocycles. The highest BCUT2D eigenvalue weighted by atomic mass is 79.9. The number of rotatable bonds is 13. The van der Waals surface area contributed by atoms with Crippen molar-refractivity contribution in [2.45, 2.75) is 45.2 Å².